The number of fused-ring (bicyclic) bond motifs is 1. The number of nitrogens with one attached hydrogen (secondary N) is 2. The zero-order valence-corrected chi connectivity index (χ0v) is 14.8. The number of aromatic amines is 1. The average molecular weight is 347 g/mol. The molecule has 0 aliphatic rings. The van der Waals surface area contributed by atoms with E-state index in [-0.39, 0.29) is 18.6 Å². The fourth-order valence-corrected chi connectivity index (χ4v) is 2.87. The highest BCUT2D eigenvalue weighted by Gasteiger charge is 2.14. The third kappa shape index (κ3) is 4.65. The van der Waals surface area contributed by atoms with Gasteiger partial charge in [0.25, 0.3) is 5.91 Å². The Morgan fingerprint density at radius 2 is 2.04 bits per heavy atom. The number of hydrogen-bond acceptors (Lipinski definition) is 3. The Hall–Kier alpha value is -2.70. The summed E-state index contributed by atoms with van der Waals surface area (Å²) in [5, 5.41) is 12.2. The number of likely N-dealkylation sites (N-methyl/N-ethyl adjacent to an activating group) is 1. The molecule has 1 aromatic carbocycles. The Labute approximate surface area is 147 Å². The largest absolute Gasteiger partial charge is 0.482 e. The first-order chi connectivity index (χ1) is 12.0. The second kappa shape index (κ2) is 8.41. The molecule has 136 valence electrons. The number of benzene rings is 1. The summed E-state index contributed by atoms with van der Waals surface area (Å²) in [7, 11) is 0. The Morgan fingerprint density at radius 3 is 2.68 bits per heavy atom. The topological polar surface area (TPSA) is 94.7 Å². The SMILES string of the molecule is CCN(CC)C(=O)COc1cccc2c(CC(C)NC(=O)O)c[nH]c12. The maximum absolute atomic E-state index is 12.1. The van der Waals surface area contributed by atoms with E-state index in [1.807, 2.05) is 45.2 Å². The number of carbonyl (C=O) groups is 2. The van der Waals surface area contributed by atoms with Gasteiger partial charge in [-0.3, -0.25) is 4.79 Å². The van der Waals surface area contributed by atoms with Gasteiger partial charge in [-0.15, -0.1) is 0 Å². The van der Waals surface area contributed by atoms with Crippen molar-refractivity contribution >= 4 is 22.9 Å². The van der Waals surface area contributed by atoms with Crippen LogP contribution in [0.5, 0.6) is 5.75 Å². The number of aromatic nitrogens is 1. The molecule has 0 fully saturated rings. The predicted octanol–water partition coefficient (Wildman–Crippen LogP) is 2.61. The van der Waals surface area contributed by atoms with Crippen molar-refractivity contribution < 1.29 is 19.4 Å². The summed E-state index contributed by atoms with van der Waals surface area (Å²) in [6, 6.07) is 5.43. The second-order valence-electron chi connectivity index (χ2n) is 5.90. The standard InChI is InChI=1S/C18H25N3O4/c1-4-21(5-2)16(22)11-25-15-8-6-7-14-13(10-19-17(14)15)9-12(3)20-18(23)24/h6-8,10,12,19-20H,4-5,9,11H2,1-3H3,(H,23,24). The van der Waals surface area contributed by atoms with Gasteiger partial charge in [0.15, 0.2) is 6.61 Å². The van der Waals surface area contributed by atoms with Crippen LogP contribution in [-0.2, 0) is 11.2 Å². The average Bonchev–Trinajstić information content (AvgIpc) is 2.97. The van der Waals surface area contributed by atoms with Gasteiger partial charge in [0.1, 0.15) is 5.75 Å². The van der Waals surface area contributed by atoms with E-state index in [4.69, 9.17) is 9.84 Å². The van der Waals surface area contributed by atoms with Crippen molar-refractivity contribution in [2.24, 2.45) is 0 Å². The van der Waals surface area contributed by atoms with Gasteiger partial charge in [0.2, 0.25) is 0 Å². The number of H-pyrrole nitrogens is 1. The first kappa shape index (κ1) is 18.6. The summed E-state index contributed by atoms with van der Waals surface area (Å²) in [6.45, 7) is 6.99. The van der Waals surface area contributed by atoms with Crippen molar-refractivity contribution in [2.75, 3.05) is 19.7 Å². The number of amides is 2. The van der Waals surface area contributed by atoms with Crippen LogP contribution in [0.4, 0.5) is 4.79 Å². The highest BCUT2D eigenvalue weighted by Crippen LogP contribution is 2.28. The Bertz CT molecular complexity index is 737. The molecule has 7 nitrogen and oxygen atoms in total. The van der Waals surface area contributed by atoms with E-state index >= 15 is 0 Å². The number of nitrogens with zero attached hydrogens (tertiary/aromatic N) is 1. The molecule has 2 aromatic rings. The first-order valence-electron chi connectivity index (χ1n) is 8.45. The van der Waals surface area contributed by atoms with E-state index in [1.165, 1.54) is 0 Å². The van der Waals surface area contributed by atoms with E-state index in [1.54, 1.807) is 4.90 Å². The van der Waals surface area contributed by atoms with Gasteiger partial charge < -0.3 is 25.0 Å². The van der Waals surface area contributed by atoms with Gasteiger partial charge in [-0.05, 0) is 38.8 Å². The third-order valence-electron chi connectivity index (χ3n) is 4.13. The van der Waals surface area contributed by atoms with E-state index in [2.05, 4.69) is 10.3 Å². The molecule has 2 amide bonds. The fraction of sp³-hybridized carbons (Fsp3) is 0.444. The van der Waals surface area contributed by atoms with Gasteiger partial charge >= 0.3 is 6.09 Å². The molecule has 1 atom stereocenters. The summed E-state index contributed by atoms with van der Waals surface area (Å²) in [4.78, 5) is 27.7. The minimum Gasteiger partial charge on any atom is -0.482 e. The highest BCUT2D eigenvalue weighted by atomic mass is 16.5. The lowest BCUT2D eigenvalue weighted by Crippen LogP contribution is -2.34. The van der Waals surface area contributed by atoms with Crippen LogP contribution in [-0.4, -0.2) is 52.7 Å². The summed E-state index contributed by atoms with van der Waals surface area (Å²) >= 11 is 0. The Balaban J connectivity index is 2.12. The molecule has 1 unspecified atom stereocenters. The molecule has 25 heavy (non-hydrogen) atoms. The van der Waals surface area contributed by atoms with Crippen LogP contribution in [0.25, 0.3) is 10.9 Å². The van der Waals surface area contributed by atoms with Crippen LogP contribution in [0.1, 0.15) is 26.3 Å². The molecule has 1 aromatic heterocycles. The lowest BCUT2D eigenvalue weighted by molar-refractivity contribution is -0.132. The minimum absolute atomic E-state index is 0.00782. The van der Waals surface area contributed by atoms with E-state index in [9.17, 15) is 9.59 Å². The van der Waals surface area contributed by atoms with Crippen LogP contribution < -0.4 is 10.1 Å². The molecule has 1 heterocycles. The maximum Gasteiger partial charge on any atom is 0.404 e. The van der Waals surface area contributed by atoms with Crippen molar-refractivity contribution in [3.63, 3.8) is 0 Å². The van der Waals surface area contributed by atoms with Crippen molar-refractivity contribution in [2.45, 2.75) is 33.2 Å². The Kier molecular flexibility index (Phi) is 6.27. The molecule has 0 spiro atoms. The first-order valence-corrected chi connectivity index (χ1v) is 8.45. The molecular weight excluding hydrogens is 322 g/mol. The summed E-state index contributed by atoms with van der Waals surface area (Å²) in [5.74, 6) is 0.566. The van der Waals surface area contributed by atoms with Gasteiger partial charge in [-0.1, -0.05) is 12.1 Å². The summed E-state index contributed by atoms with van der Waals surface area (Å²) in [6.07, 6.45) is 1.38. The smallest absolute Gasteiger partial charge is 0.404 e. The molecule has 0 bridgehead atoms. The molecule has 2 rings (SSSR count). The monoisotopic (exact) mass is 347 g/mol. The lowest BCUT2D eigenvalue weighted by atomic mass is 10.1. The second-order valence-corrected chi connectivity index (χ2v) is 5.90. The van der Waals surface area contributed by atoms with Crippen molar-refractivity contribution in [1.29, 1.82) is 0 Å². The van der Waals surface area contributed by atoms with E-state index in [0.717, 1.165) is 16.5 Å². The zero-order chi connectivity index (χ0) is 18.4. The molecular formula is C18H25N3O4. The van der Waals surface area contributed by atoms with E-state index < -0.39 is 6.09 Å². The number of hydrogen-bond donors (Lipinski definition) is 3. The van der Waals surface area contributed by atoms with Gasteiger partial charge in [-0.2, -0.15) is 0 Å². The number of ether oxygens (including phenoxy) is 1. The minimum atomic E-state index is -1.04. The molecule has 7 heteroatoms. The summed E-state index contributed by atoms with van der Waals surface area (Å²) in [5.41, 5.74) is 1.81. The highest BCUT2D eigenvalue weighted by molar-refractivity contribution is 5.89. The number of carbonyl (C=O) groups excluding carboxylic acids is 1. The van der Waals surface area contributed by atoms with Crippen LogP contribution >= 0.6 is 0 Å². The summed E-state index contributed by atoms with van der Waals surface area (Å²) < 4.78 is 5.72. The third-order valence-corrected chi connectivity index (χ3v) is 4.13. The Morgan fingerprint density at radius 1 is 1.32 bits per heavy atom. The van der Waals surface area contributed by atoms with Crippen LogP contribution in [0.3, 0.4) is 0 Å². The maximum atomic E-state index is 12.1. The van der Waals surface area contributed by atoms with E-state index in [0.29, 0.717) is 25.3 Å². The zero-order valence-electron chi connectivity index (χ0n) is 14.8. The quantitative estimate of drug-likeness (QED) is 0.684. The molecule has 0 saturated carbocycles. The lowest BCUT2D eigenvalue weighted by Gasteiger charge is -2.18. The van der Waals surface area contributed by atoms with Gasteiger partial charge in [0, 0.05) is 30.7 Å². The van der Waals surface area contributed by atoms with Crippen molar-refractivity contribution in [3.8, 4) is 5.75 Å². The molecule has 0 aliphatic carbocycles. The predicted molar refractivity (Wildman–Crippen MR) is 96.0 cm³/mol. The molecule has 0 radical (unpaired) electrons. The van der Waals surface area contributed by atoms with Crippen molar-refractivity contribution in [1.82, 2.24) is 15.2 Å². The van der Waals surface area contributed by atoms with Crippen LogP contribution in [0, 0.1) is 0 Å². The fourth-order valence-electron chi connectivity index (χ4n) is 2.87. The number of para-hydroxylation sites is 1. The van der Waals surface area contributed by atoms with Gasteiger partial charge in [0.05, 0.1) is 5.52 Å². The molecule has 0 aliphatic heterocycles. The van der Waals surface area contributed by atoms with Gasteiger partial charge in [-0.25, -0.2) is 4.79 Å². The molecule has 0 saturated heterocycles. The normalized spacial score (nSPS) is 12.0. The van der Waals surface area contributed by atoms with Crippen molar-refractivity contribution in [3.05, 3.63) is 30.0 Å². The molecule has 3 N–H and O–H groups in total. The number of carboxylic acid groups (broad SMARTS) is 1. The number of rotatable bonds is 8. The van der Waals surface area contributed by atoms with Crippen LogP contribution in [0.15, 0.2) is 24.4 Å². The van der Waals surface area contributed by atoms with Crippen LogP contribution in [0.2, 0.25) is 0 Å².